The van der Waals surface area contributed by atoms with Crippen molar-refractivity contribution in [2.45, 2.75) is 37.5 Å². The maximum atomic E-state index is 12.5. The molecule has 112 valence electrons. The van der Waals surface area contributed by atoms with E-state index in [1.807, 2.05) is 12.1 Å². The fraction of sp³-hybridized carbons (Fsp3) is 0.600. The van der Waals surface area contributed by atoms with Crippen LogP contribution in [0.1, 0.15) is 32.8 Å². The van der Waals surface area contributed by atoms with Crippen LogP contribution in [0.5, 0.6) is 0 Å². The summed E-state index contributed by atoms with van der Waals surface area (Å²) >= 11 is 0. The average Bonchev–Trinajstić information content (AvgIpc) is 2.87. The summed E-state index contributed by atoms with van der Waals surface area (Å²) in [7, 11) is -3.42. The Hall–Kier alpha value is -0.910. The van der Waals surface area contributed by atoms with E-state index in [9.17, 15) is 8.42 Å². The lowest BCUT2D eigenvalue weighted by molar-refractivity contribution is 0.233. The summed E-state index contributed by atoms with van der Waals surface area (Å²) in [6.07, 6.45) is 0.732. The number of aliphatic hydroxyl groups is 1. The van der Waals surface area contributed by atoms with Crippen molar-refractivity contribution < 1.29 is 13.5 Å². The van der Waals surface area contributed by atoms with Gasteiger partial charge in [0, 0.05) is 19.7 Å². The van der Waals surface area contributed by atoms with E-state index in [1.54, 1.807) is 12.1 Å². The lowest BCUT2D eigenvalue weighted by Crippen LogP contribution is -2.29. The van der Waals surface area contributed by atoms with Crippen molar-refractivity contribution >= 4 is 10.0 Å². The highest BCUT2D eigenvalue weighted by Gasteiger charge is 2.32. The number of hydrogen-bond acceptors (Lipinski definition) is 3. The third kappa shape index (κ3) is 3.05. The van der Waals surface area contributed by atoms with Crippen molar-refractivity contribution in [1.29, 1.82) is 0 Å². The van der Waals surface area contributed by atoms with Crippen LogP contribution in [0.15, 0.2) is 29.2 Å². The molecule has 0 spiro atoms. The molecule has 1 aromatic carbocycles. The van der Waals surface area contributed by atoms with E-state index in [-0.39, 0.29) is 17.9 Å². The molecular formula is C15H23NO3S. The first-order valence-corrected chi connectivity index (χ1v) is 8.40. The molecule has 1 aliphatic heterocycles. The Morgan fingerprint density at radius 2 is 1.85 bits per heavy atom. The SMILES string of the molecule is CC(C)(C)c1ccc(S(=O)(=O)N2CCC(CO)C2)cc1. The second-order valence-electron chi connectivity index (χ2n) is 6.47. The van der Waals surface area contributed by atoms with Crippen molar-refractivity contribution in [2.24, 2.45) is 5.92 Å². The predicted octanol–water partition coefficient (Wildman–Crippen LogP) is 1.99. The molecule has 0 saturated carbocycles. The molecule has 0 amide bonds. The molecule has 0 radical (unpaired) electrons. The van der Waals surface area contributed by atoms with Gasteiger partial charge in [-0.15, -0.1) is 0 Å². The van der Waals surface area contributed by atoms with E-state index in [0.29, 0.717) is 18.0 Å². The van der Waals surface area contributed by atoms with Crippen molar-refractivity contribution in [3.05, 3.63) is 29.8 Å². The van der Waals surface area contributed by atoms with Gasteiger partial charge in [0.05, 0.1) is 4.90 Å². The van der Waals surface area contributed by atoms with Crippen LogP contribution in [0, 0.1) is 5.92 Å². The molecule has 0 aromatic heterocycles. The van der Waals surface area contributed by atoms with Crippen molar-refractivity contribution in [3.8, 4) is 0 Å². The van der Waals surface area contributed by atoms with Crippen LogP contribution in [0.25, 0.3) is 0 Å². The Labute approximate surface area is 121 Å². The zero-order valence-corrected chi connectivity index (χ0v) is 13.2. The molecule has 4 nitrogen and oxygen atoms in total. The van der Waals surface area contributed by atoms with E-state index < -0.39 is 10.0 Å². The van der Waals surface area contributed by atoms with Gasteiger partial charge in [0.25, 0.3) is 0 Å². The summed E-state index contributed by atoms with van der Waals surface area (Å²) < 4.78 is 26.5. The zero-order chi connectivity index (χ0) is 15.0. The smallest absolute Gasteiger partial charge is 0.243 e. The van der Waals surface area contributed by atoms with Gasteiger partial charge in [0.1, 0.15) is 0 Å². The first-order valence-electron chi connectivity index (χ1n) is 6.96. The fourth-order valence-corrected chi connectivity index (χ4v) is 3.97. The van der Waals surface area contributed by atoms with Gasteiger partial charge in [-0.3, -0.25) is 0 Å². The maximum Gasteiger partial charge on any atom is 0.243 e. The predicted molar refractivity (Wildman–Crippen MR) is 79.1 cm³/mol. The Morgan fingerprint density at radius 1 is 1.25 bits per heavy atom. The average molecular weight is 297 g/mol. The quantitative estimate of drug-likeness (QED) is 0.928. The fourth-order valence-electron chi connectivity index (χ4n) is 2.44. The molecule has 1 fully saturated rings. The highest BCUT2D eigenvalue weighted by Crippen LogP contribution is 2.27. The van der Waals surface area contributed by atoms with Crippen LogP contribution in [0.2, 0.25) is 0 Å². The molecule has 2 rings (SSSR count). The minimum Gasteiger partial charge on any atom is -0.396 e. The van der Waals surface area contributed by atoms with Gasteiger partial charge in [-0.2, -0.15) is 4.31 Å². The van der Waals surface area contributed by atoms with Crippen LogP contribution in [0.3, 0.4) is 0 Å². The van der Waals surface area contributed by atoms with Gasteiger partial charge in [0.15, 0.2) is 0 Å². The second-order valence-corrected chi connectivity index (χ2v) is 8.41. The third-order valence-electron chi connectivity index (χ3n) is 3.86. The Bertz CT molecular complexity index is 558. The van der Waals surface area contributed by atoms with Gasteiger partial charge in [-0.05, 0) is 35.4 Å². The number of rotatable bonds is 3. The molecule has 20 heavy (non-hydrogen) atoms. The molecule has 1 atom stereocenters. The number of aliphatic hydroxyl groups excluding tert-OH is 1. The highest BCUT2D eigenvalue weighted by molar-refractivity contribution is 7.89. The zero-order valence-electron chi connectivity index (χ0n) is 12.3. The Morgan fingerprint density at radius 3 is 2.30 bits per heavy atom. The lowest BCUT2D eigenvalue weighted by atomic mass is 9.87. The minimum absolute atomic E-state index is 0.0118. The highest BCUT2D eigenvalue weighted by atomic mass is 32.2. The van der Waals surface area contributed by atoms with Gasteiger partial charge >= 0.3 is 0 Å². The van der Waals surface area contributed by atoms with Crippen LogP contribution < -0.4 is 0 Å². The largest absolute Gasteiger partial charge is 0.396 e. The van der Waals surface area contributed by atoms with E-state index in [1.165, 1.54) is 4.31 Å². The first kappa shape index (κ1) is 15.5. The van der Waals surface area contributed by atoms with E-state index in [4.69, 9.17) is 5.11 Å². The molecule has 0 aliphatic carbocycles. The van der Waals surface area contributed by atoms with Crippen molar-refractivity contribution in [2.75, 3.05) is 19.7 Å². The lowest BCUT2D eigenvalue weighted by Gasteiger charge is -2.20. The Kier molecular flexibility index (Phi) is 4.23. The molecule has 1 aromatic rings. The van der Waals surface area contributed by atoms with Crippen LogP contribution >= 0.6 is 0 Å². The summed E-state index contributed by atoms with van der Waals surface area (Å²) in [6, 6.07) is 7.13. The number of hydrogen-bond donors (Lipinski definition) is 1. The van der Waals surface area contributed by atoms with Crippen LogP contribution in [-0.2, 0) is 15.4 Å². The molecule has 0 bridgehead atoms. The van der Waals surface area contributed by atoms with E-state index in [0.717, 1.165) is 12.0 Å². The summed E-state index contributed by atoms with van der Waals surface area (Å²) in [5.41, 5.74) is 1.13. The Balaban J connectivity index is 2.23. The monoisotopic (exact) mass is 297 g/mol. The molecule has 1 unspecified atom stereocenters. The molecule has 1 saturated heterocycles. The molecule has 1 heterocycles. The van der Waals surface area contributed by atoms with Crippen LogP contribution in [0.4, 0.5) is 0 Å². The third-order valence-corrected chi connectivity index (χ3v) is 5.74. The van der Waals surface area contributed by atoms with Gasteiger partial charge < -0.3 is 5.11 Å². The molecule has 1 aliphatic rings. The standard InChI is InChI=1S/C15H23NO3S/c1-15(2,3)13-4-6-14(7-5-13)20(18,19)16-9-8-12(10-16)11-17/h4-7,12,17H,8-11H2,1-3H3. The maximum absolute atomic E-state index is 12.5. The second kappa shape index (κ2) is 5.47. The van der Waals surface area contributed by atoms with Gasteiger partial charge in [-0.25, -0.2) is 8.42 Å². The van der Waals surface area contributed by atoms with Crippen LogP contribution in [-0.4, -0.2) is 37.5 Å². The molecule has 5 heteroatoms. The summed E-state index contributed by atoms with van der Waals surface area (Å²) in [6.45, 7) is 7.26. The van der Waals surface area contributed by atoms with E-state index >= 15 is 0 Å². The summed E-state index contributed by atoms with van der Waals surface area (Å²) in [4.78, 5) is 0.337. The number of benzene rings is 1. The number of nitrogens with zero attached hydrogens (tertiary/aromatic N) is 1. The van der Waals surface area contributed by atoms with Crippen molar-refractivity contribution in [1.82, 2.24) is 4.31 Å². The summed E-state index contributed by atoms with van der Waals surface area (Å²) in [5, 5.41) is 9.12. The van der Waals surface area contributed by atoms with E-state index in [2.05, 4.69) is 20.8 Å². The van der Waals surface area contributed by atoms with Gasteiger partial charge in [0.2, 0.25) is 10.0 Å². The topological polar surface area (TPSA) is 57.6 Å². The number of sulfonamides is 1. The van der Waals surface area contributed by atoms with Crippen molar-refractivity contribution in [3.63, 3.8) is 0 Å². The normalized spacial score (nSPS) is 21.3. The minimum atomic E-state index is -3.42. The molecular weight excluding hydrogens is 274 g/mol. The first-order chi connectivity index (χ1) is 9.25. The van der Waals surface area contributed by atoms with Gasteiger partial charge in [-0.1, -0.05) is 32.9 Å². The molecule has 1 N–H and O–H groups in total. The summed E-state index contributed by atoms with van der Waals surface area (Å²) in [5.74, 6) is 0.0682.